The Morgan fingerprint density at radius 2 is 2.08 bits per heavy atom. The lowest BCUT2D eigenvalue weighted by Crippen LogP contribution is -2.47. The van der Waals surface area contributed by atoms with E-state index in [4.69, 9.17) is 4.74 Å². The van der Waals surface area contributed by atoms with E-state index >= 15 is 0 Å². The maximum atomic E-state index is 5.28. The second kappa shape index (κ2) is 8.58. The smallest absolute Gasteiger partial charge is 0.191 e. The first-order valence-corrected chi connectivity index (χ1v) is 9.67. The molecule has 3 rings (SSSR count). The van der Waals surface area contributed by atoms with Gasteiger partial charge in [-0.1, -0.05) is 24.6 Å². The number of nitrogens with one attached hydrogen (secondary N) is 3. The highest BCUT2D eigenvalue weighted by Gasteiger charge is 2.36. The number of para-hydroxylation sites is 1. The largest absolute Gasteiger partial charge is 0.385 e. The number of aryl methyl sites for hydroxylation is 1. The molecule has 5 heteroatoms. The van der Waals surface area contributed by atoms with E-state index < -0.39 is 0 Å². The van der Waals surface area contributed by atoms with Crippen molar-refractivity contribution < 1.29 is 4.74 Å². The highest BCUT2D eigenvalue weighted by Crippen LogP contribution is 2.43. The summed E-state index contributed by atoms with van der Waals surface area (Å²) in [6.07, 6.45) is 6.01. The van der Waals surface area contributed by atoms with Gasteiger partial charge >= 0.3 is 0 Å². The Bertz CT molecular complexity index is 746. The summed E-state index contributed by atoms with van der Waals surface area (Å²) in [5, 5.41) is 8.32. The van der Waals surface area contributed by atoms with Gasteiger partial charge in [0.05, 0.1) is 0 Å². The molecule has 1 saturated carbocycles. The molecule has 0 unspecified atom stereocenters. The molecular weight excluding hydrogens is 324 g/mol. The third-order valence-electron chi connectivity index (χ3n) is 5.80. The van der Waals surface area contributed by atoms with Crippen molar-refractivity contribution in [3.8, 4) is 0 Å². The summed E-state index contributed by atoms with van der Waals surface area (Å²) in [5.74, 6) is 0.895. The first-order chi connectivity index (χ1) is 12.7. The molecule has 0 spiro atoms. The molecule has 1 heterocycles. The van der Waals surface area contributed by atoms with Gasteiger partial charge in [-0.25, -0.2) is 0 Å². The summed E-state index contributed by atoms with van der Waals surface area (Å²) in [5.41, 5.74) is 4.25. The van der Waals surface area contributed by atoms with Crippen molar-refractivity contribution in [2.45, 2.75) is 39.0 Å². The predicted octanol–water partition coefficient (Wildman–Crippen LogP) is 3.39. The number of aromatic amines is 1. The van der Waals surface area contributed by atoms with Gasteiger partial charge in [-0.2, -0.15) is 0 Å². The number of ether oxygens (including phenoxy) is 1. The molecule has 26 heavy (non-hydrogen) atoms. The number of H-pyrrole nitrogens is 1. The monoisotopic (exact) mass is 356 g/mol. The van der Waals surface area contributed by atoms with Crippen molar-refractivity contribution in [1.29, 1.82) is 0 Å². The molecule has 0 amide bonds. The zero-order chi connectivity index (χ0) is 18.4. The quantitative estimate of drug-likeness (QED) is 0.502. The average Bonchev–Trinajstić information content (AvgIpc) is 2.94. The number of methoxy groups -OCH3 is 1. The highest BCUT2D eigenvalue weighted by molar-refractivity contribution is 5.84. The van der Waals surface area contributed by atoms with E-state index in [1.54, 1.807) is 7.11 Å². The summed E-state index contributed by atoms with van der Waals surface area (Å²) in [6, 6.07) is 8.51. The number of nitrogens with zero attached hydrogens (tertiary/aromatic N) is 1. The van der Waals surface area contributed by atoms with E-state index in [0.717, 1.165) is 38.5 Å². The van der Waals surface area contributed by atoms with Gasteiger partial charge in [-0.3, -0.25) is 4.99 Å². The summed E-state index contributed by atoms with van der Waals surface area (Å²) in [6.45, 7) is 4.84. The maximum Gasteiger partial charge on any atom is 0.191 e. The van der Waals surface area contributed by atoms with Crippen LogP contribution in [0.4, 0.5) is 0 Å². The van der Waals surface area contributed by atoms with Crippen molar-refractivity contribution in [2.24, 2.45) is 10.4 Å². The molecule has 1 aliphatic rings. The number of aromatic nitrogens is 1. The number of guanidine groups is 1. The molecule has 0 radical (unpaired) electrons. The van der Waals surface area contributed by atoms with Crippen LogP contribution in [0.3, 0.4) is 0 Å². The van der Waals surface area contributed by atoms with Gasteiger partial charge < -0.3 is 20.4 Å². The predicted molar refractivity (Wildman–Crippen MR) is 109 cm³/mol. The molecule has 0 saturated heterocycles. The lowest BCUT2D eigenvalue weighted by atomic mass is 9.67. The van der Waals surface area contributed by atoms with E-state index in [1.807, 2.05) is 7.05 Å². The Morgan fingerprint density at radius 1 is 1.27 bits per heavy atom. The van der Waals surface area contributed by atoms with Crippen LogP contribution in [-0.4, -0.2) is 44.8 Å². The first-order valence-electron chi connectivity index (χ1n) is 9.67. The molecule has 1 aromatic heterocycles. The van der Waals surface area contributed by atoms with Crippen LogP contribution in [0.25, 0.3) is 10.9 Å². The normalized spacial score (nSPS) is 16.5. The van der Waals surface area contributed by atoms with E-state index in [1.165, 1.54) is 41.4 Å². The van der Waals surface area contributed by atoms with Gasteiger partial charge in [0.1, 0.15) is 0 Å². The van der Waals surface area contributed by atoms with Crippen LogP contribution in [-0.2, 0) is 11.2 Å². The average molecular weight is 357 g/mol. The van der Waals surface area contributed by atoms with Gasteiger partial charge in [0.2, 0.25) is 0 Å². The molecule has 0 aliphatic heterocycles. The maximum absolute atomic E-state index is 5.28. The zero-order valence-electron chi connectivity index (χ0n) is 16.3. The summed E-state index contributed by atoms with van der Waals surface area (Å²) in [7, 11) is 3.63. The van der Waals surface area contributed by atoms with Crippen LogP contribution in [0.5, 0.6) is 0 Å². The van der Waals surface area contributed by atoms with E-state index in [2.05, 4.69) is 51.8 Å². The van der Waals surface area contributed by atoms with Crippen LogP contribution < -0.4 is 10.6 Å². The minimum atomic E-state index is 0.390. The van der Waals surface area contributed by atoms with Crippen molar-refractivity contribution in [1.82, 2.24) is 15.6 Å². The standard InChI is InChI=1S/C21H32N4O/c1-16-17(18-7-4-5-8-19(18)25-16)9-13-23-20(22-2)24-15-21(10-6-11-21)12-14-26-3/h4-5,7-8,25H,6,9-15H2,1-3H3,(H2,22,23,24). The van der Waals surface area contributed by atoms with E-state index in [-0.39, 0.29) is 0 Å². The first kappa shape index (κ1) is 18.8. The number of hydrogen-bond acceptors (Lipinski definition) is 2. The summed E-state index contributed by atoms with van der Waals surface area (Å²) >= 11 is 0. The second-order valence-corrected chi connectivity index (χ2v) is 7.47. The third kappa shape index (κ3) is 4.21. The van der Waals surface area contributed by atoms with Gasteiger partial charge in [0.25, 0.3) is 0 Å². The second-order valence-electron chi connectivity index (χ2n) is 7.47. The van der Waals surface area contributed by atoms with E-state index in [9.17, 15) is 0 Å². The number of rotatable bonds is 8. The van der Waals surface area contributed by atoms with Crippen molar-refractivity contribution >= 4 is 16.9 Å². The topological polar surface area (TPSA) is 61.4 Å². The van der Waals surface area contributed by atoms with Crippen LogP contribution >= 0.6 is 0 Å². The zero-order valence-corrected chi connectivity index (χ0v) is 16.3. The molecule has 1 aliphatic carbocycles. The van der Waals surface area contributed by atoms with Gasteiger partial charge in [-0.15, -0.1) is 0 Å². The SMILES string of the molecule is CN=C(NCCc1c(C)[nH]c2ccccc12)NCC1(CCOC)CCC1. The molecule has 3 N–H and O–H groups in total. The number of hydrogen-bond donors (Lipinski definition) is 3. The van der Waals surface area contributed by atoms with Crippen molar-refractivity contribution in [3.05, 3.63) is 35.5 Å². The number of aliphatic imine (C=N–C) groups is 1. The Kier molecular flexibility index (Phi) is 6.20. The number of fused-ring (bicyclic) bond motifs is 1. The van der Waals surface area contributed by atoms with Crippen LogP contribution in [0.2, 0.25) is 0 Å². The lowest BCUT2D eigenvalue weighted by Gasteiger charge is -2.42. The summed E-state index contributed by atoms with van der Waals surface area (Å²) < 4.78 is 5.28. The molecular formula is C21H32N4O. The van der Waals surface area contributed by atoms with Gasteiger partial charge in [0, 0.05) is 50.5 Å². The Balaban J connectivity index is 1.50. The fourth-order valence-corrected chi connectivity index (χ4v) is 3.97. The van der Waals surface area contributed by atoms with Crippen LogP contribution in [0.15, 0.2) is 29.3 Å². The number of benzene rings is 1. The fraction of sp³-hybridized carbons (Fsp3) is 0.571. The minimum absolute atomic E-state index is 0.390. The fourth-order valence-electron chi connectivity index (χ4n) is 3.97. The lowest BCUT2D eigenvalue weighted by molar-refractivity contribution is 0.0732. The Labute approximate surface area is 156 Å². The molecule has 1 aromatic carbocycles. The van der Waals surface area contributed by atoms with Gasteiger partial charge in [-0.05, 0) is 49.7 Å². The third-order valence-corrected chi connectivity index (χ3v) is 5.80. The van der Waals surface area contributed by atoms with Crippen LogP contribution in [0, 0.1) is 12.3 Å². The van der Waals surface area contributed by atoms with Crippen molar-refractivity contribution in [2.75, 3.05) is 33.9 Å². The molecule has 0 atom stereocenters. The summed E-state index contributed by atoms with van der Waals surface area (Å²) in [4.78, 5) is 7.86. The molecule has 2 aromatic rings. The highest BCUT2D eigenvalue weighted by atomic mass is 16.5. The van der Waals surface area contributed by atoms with Crippen molar-refractivity contribution in [3.63, 3.8) is 0 Å². The van der Waals surface area contributed by atoms with Crippen LogP contribution in [0.1, 0.15) is 36.9 Å². The van der Waals surface area contributed by atoms with Gasteiger partial charge in [0.15, 0.2) is 5.96 Å². The molecule has 0 bridgehead atoms. The minimum Gasteiger partial charge on any atom is -0.385 e. The Hall–Kier alpha value is -2.01. The molecule has 142 valence electrons. The van der Waals surface area contributed by atoms with E-state index in [0.29, 0.717) is 5.41 Å². The molecule has 5 nitrogen and oxygen atoms in total. The Morgan fingerprint density at radius 3 is 2.77 bits per heavy atom. The molecule has 1 fully saturated rings.